The van der Waals surface area contributed by atoms with E-state index in [4.69, 9.17) is 9.40 Å². The third-order valence-electron chi connectivity index (χ3n) is 10.4. The first-order chi connectivity index (χ1) is 24.6. The van der Waals surface area contributed by atoms with E-state index in [1.807, 2.05) is 0 Å². The molecule has 0 atom stereocenters. The lowest BCUT2D eigenvalue weighted by molar-refractivity contribution is 0.669. The van der Waals surface area contributed by atoms with Gasteiger partial charge in [-0.1, -0.05) is 127 Å². The number of fused-ring (bicyclic) bond motifs is 7. The Kier molecular flexibility index (Phi) is 6.31. The number of para-hydroxylation sites is 3. The maximum atomic E-state index is 6.99. The number of imidazole rings is 1. The van der Waals surface area contributed by atoms with E-state index in [-0.39, 0.29) is 0 Å². The van der Waals surface area contributed by atoms with Crippen molar-refractivity contribution >= 4 is 54.5 Å². The second-order valence-electron chi connectivity index (χ2n) is 13.2. The molecule has 10 aromatic rings. The van der Waals surface area contributed by atoms with Crippen molar-refractivity contribution in [1.29, 1.82) is 0 Å². The lowest BCUT2D eigenvalue weighted by Crippen LogP contribution is -2.03. The topological polar surface area (TPSA) is 31.0 Å². The fourth-order valence-corrected chi connectivity index (χ4v) is 7.83. The van der Waals surface area contributed by atoms with Gasteiger partial charge in [-0.05, 0) is 88.0 Å². The van der Waals surface area contributed by atoms with Gasteiger partial charge in [-0.2, -0.15) is 0 Å². The van der Waals surface area contributed by atoms with Crippen molar-refractivity contribution in [3.63, 3.8) is 0 Å². The molecule has 0 saturated heterocycles. The molecule has 10 rings (SSSR count). The summed E-state index contributed by atoms with van der Waals surface area (Å²) in [6.45, 7) is 4.41. The predicted octanol–water partition coefficient (Wildman–Crippen LogP) is 12.8. The van der Waals surface area contributed by atoms with Gasteiger partial charge in [0.1, 0.15) is 17.0 Å². The third kappa shape index (κ3) is 4.27. The normalized spacial score (nSPS) is 11.8. The van der Waals surface area contributed by atoms with E-state index in [9.17, 15) is 0 Å². The molecular formula is C47H32N2O. The maximum Gasteiger partial charge on any atom is 0.149 e. The van der Waals surface area contributed by atoms with Gasteiger partial charge in [0.2, 0.25) is 0 Å². The summed E-state index contributed by atoms with van der Waals surface area (Å²) in [4.78, 5) is 5.42. The van der Waals surface area contributed by atoms with Crippen molar-refractivity contribution in [2.24, 2.45) is 0 Å². The van der Waals surface area contributed by atoms with Gasteiger partial charge in [-0.3, -0.25) is 4.57 Å². The Balaban J connectivity index is 1.34. The zero-order valence-corrected chi connectivity index (χ0v) is 27.8. The van der Waals surface area contributed by atoms with Crippen molar-refractivity contribution in [1.82, 2.24) is 9.55 Å². The summed E-state index contributed by atoms with van der Waals surface area (Å²) in [7, 11) is 0. The molecule has 0 unspecified atom stereocenters. The molecule has 0 radical (unpaired) electrons. The number of nitrogens with zero attached hydrogens (tertiary/aromatic N) is 2. The van der Waals surface area contributed by atoms with Gasteiger partial charge < -0.3 is 4.42 Å². The van der Waals surface area contributed by atoms with Gasteiger partial charge in [0.25, 0.3) is 0 Å². The van der Waals surface area contributed by atoms with Crippen molar-refractivity contribution < 1.29 is 4.42 Å². The third-order valence-corrected chi connectivity index (χ3v) is 10.4. The van der Waals surface area contributed by atoms with Crippen LogP contribution in [0.2, 0.25) is 0 Å². The van der Waals surface area contributed by atoms with Crippen LogP contribution < -0.4 is 0 Å². The summed E-state index contributed by atoms with van der Waals surface area (Å²) in [5.41, 5.74) is 12.8. The van der Waals surface area contributed by atoms with Gasteiger partial charge in [-0.15, -0.1) is 0 Å². The fraction of sp³-hybridized carbons (Fsp3) is 0.0426. The molecule has 0 spiro atoms. The van der Waals surface area contributed by atoms with Crippen LogP contribution in [0, 0.1) is 13.8 Å². The number of aromatic nitrogens is 2. The number of aryl methyl sites for hydroxylation is 2. The number of hydrogen-bond acceptors (Lipinski definition) is 2. The van der Waals surface area contributed by atoms with E-state index >= 15 is 0 Å². The van der Waals surface area contributed by atoms with Gasteiger partial charge >= 0.3 is 0 Å². The molecule has 0 amide bonds. The molecule has 0 aliphatic heterocycles. The molecule has 0 fully saturated rings. The quantitative estimate of drug-likeness (QED) is 0.179. The van der Waals surface area contributed by atoms with E-state index in [1.54, 1.807) is 0 Å². The average molecular weight is 641 g/mol. The molecular weight excluding hydrogens is 609 g/mol. The standard InChI is InChI=1S/C47H32N2O/c1-29-26-40(46-44(30(29)2)39-27-34-25-24-33-18-9-10-19-35(33)38(34)28-43(39)50-46)47-48-41-22-11-12-23-42(41)49(47)45-36(31-14-5-3-6-15-31)20-13-21-37(45)32-16-7-4-8-17-32/h3-28H,1-2H3. The molecule has 2 heterocycles. The minimum Gasteiger partial charge on any atom is -0.455 e. The molecule has 0 saturated carbocycles. The Labute approximate surface area is 289 Å². The van der Waals surface area contributed by atoms with Gasteiger partial charge in [-0.25, -0.2) is 4.98 Å². The zero-order valence-electron chi connectivity index (χ0n) is 27.8. The van der Waals surface area contributed by atoms with E-state index in [0.29, 0.717) is 0 Å². The van der Waals surface area contributed by atoms with Crippen LogP contribution in [0.1, 0.15) is 11.1 Å². The Bertz CT molecular complexity index is 2870. The van der Waals surface area contributed by atoms with Crippen LogP contribution in [0.5, 0.6) is 0 Å². The Morgan fingerprint density at radius 1 is 0.520 bits per heavy atom. The van der Waals surface area contributed by atoms with E-state index in [1.165, 1.54) is 32.7 Å². The molecule has 0 N–H and O–H groups in total. The van der Waals surface area contributed by atoms with Crippen LogP contribution in [0.15, 0.2) is 162 Å². The van der Waals surface area contributed by atoms with Crippen molar-refractivity contribution in [2.75, 3.05) is 0 Å². The number of hydrogen-bond donors (Lipinski definition) is 0. The summed E-state index contributed by atoms with van der Waals surface area (Å²) in [6.07, 6.45) is 0. The molecule has 8 aromatic carbocycles. The second-order valence-corrected chi connectivity index (χ2v) is 13.2. The first kappa shape index (κ1) is 28.6. The number of benzene rings is 8. The van der Waals surface area contributed by atoms with Crippen LogP contribution in [-0.4, -0.2) is 9.55 Å². The first-order valence-corrected chi connectivity index (χ1v) is 17.1. The second kappa shape index (κ2) is 11.0. The summed E-state index contributed by atoms with van der Waals surface area (Å²) in [6, 6.07) is 56.2. The van der Waals surface area contributed by atoms with Crippen LogP contribution in [0.3, 0.4) is 0 Å². The molecule has 50 heavy (non-hydrogen) atoms. The van der Waals surface area contributed by atoms with Gasteiger partial charge in [0.15, 0.2) is 0 Å². The van der Waals surface area contributed by atoms with Gasteiger partial charge in [0, 0.05) is 21.9 Å². The molecule has 3 nitrogen and oxygen atoms in total. The molecule has 0 aliphatic rings. The van der Waals surface area contributed by atoms with Crippen LogP contribution in [0.4, 0.5) is 0 Å². The van der Waals surface area contributed by atoms with Crippen LogP contribution in [-0.2, 0) is 0 Å². The van der Waals surface area contributed by atoms with Crippen LogP contribution >= 0.6 is 0 Å². The van der Waals surface area contributed by atoms with E-state index in [2.05, 4.69) is 176 Å². The van der Waals surface area contributed by atoms with Crippen molar-refractivity contribution in [3.8, 4) is 39.3 Å². The molecule has 0 bridgehead atoms. The molecule has 2 aromatic heterocycles. The highest BCUT2D eigenvalue weighted by Gasteiger charge is 2.25. The SMILES string of the molecule is Cc1cc(-c2nc3ccccc3n2-c2c(-c3ccccc3)cccc2-c2ccccc2)c2oc3cc4c(ccc5ccccc54)cc3c2c1C. The lowest BCUT2D eigenvalue weighted by atomic mass is 9.94. The molecule has 3 heteroatoms. The predicted molar refractivity (Wildman–Crippen MR) is 209 cm³/mol. The average Bonchev–Trinajstić information content (AvgIpc) is 3.74. The smallest absolute Gasteiger partial charge is 0.149 e. The first-order valence-electron chi connectivity index (χ1n) is 17.1. The highest BCUT2D eigenvalue weighted by Crippen LogP contribution is 2.45. The Morgan fingerprint density at radius 3 is 1.94 bits per heavy atom. The molecule has 236 valence electrons. The summed E-state index contributed by atoms with van der Waals surface area (Å²) >= 11 is 0. The van der Waals surface area contributed by atoms with Crippen molar-refractivity contribution in [3.05, 3.63) is 169 Å². The minimum absolute atomic E-state index is 0.855. The van der Waals surface area contributed by atoms with E-state index < -0.39 is 0 Å². The summed E-state index contributed by atoms with van der Waals surface area (Å²) in [5, 5.41) is 7.13. The number of rotatable bonds is 4. The highest BCUT2D eigenvalue weighted by molar-refractivity contribution is 6.18. The van der Waals surface area contributed by atoms with Gasteiger partial charge in [0.05, 0.1) is 22.3 Å². The summed E-state index contributed by atoms with van der Waals surface area (Å²) < 4.78 is 9.36. The monoisotopic (exact) mass is 640 g/mol. The van der Waals surface area contributed by atoms with Crippen molar-refractivity contribution in [2.45, 2.75) is 13.8 Å². The van der Waals surface area contributed by atoms with E-state index in [0.717, 1.165) is 72.3 Å². The Morgan fingerprint density at radius 2 is 1.18 bits per heavy atom. The maximum absolute atomic E-state index is 6.99. The zero-order chi connectivity index (χ0) is 33.3. The lowest BCUT2D eigenvalue weighted by Gasteiger charge is -2.20. The number of furan rings is 1. The summed E-state index contributed by atoms with van der Waals surface area (Å²) in [5.74, 6) is 0.855. The van der Waals surface area contributed by atoms with Crippen LogP contribution in [0.25, 0.3) is 93.8 Å². The fourth-order valence-electron chi connectivity index (χ4n) is 7.83. The highest BCUT2D eigenvalue weighted by atomic mass is 16.3. The molecule has 0 aliphatic carbocycles. The Hall–Kier alpha value is -6.45. The minimum atomic E-state index is 0.855. The largest absolute Gasteiger partial charge is 0.455 e.